The summed E-state index contributed by atoms with van der Waals surface area (Å²) in [6.45, 7) is 5.56. The van der Waals surface area contributed by atoms with Crippen molar-refractivity contribution < 1.29 is 4.74 Å². The second-order valence-corrected chi connectivity index (χ2v) is 4.80. The summed E-state index contributed by atoms with van der Waals surface area (Å²) in [5, 5.41) is 3.07. The standard InChI is InChI=1S/C16H20N2O/c1-12-6-13(2)8-14(7-12)11-19-16-5-4-15(9-17-3)18-10-16/h4-8,10,17H,9,11H2,1-3H3. The van der Waals surface area contributed by atoms with Crippen molar-refractivity contribution in [3.05, 3.63) is 58.9 Å². The highest BCUT2D eigenvalue weighted by molar-refractivity contribution is 5.29. The van der Waals surface area contributed by atoms with Crippen LogP contribution in [0.25, 0.3) is 0 Å². The van der Waals surface area contributed by atoms with Gasteiger partial charge in [0.15, 0.2) is 0 Å². The predicted molar refractivity (Wildman–Crippen MR) is 77.2 cm³/mol. The smallest absolute Gasteiger partial charge is 0.138 e. The number of hydrogen-bond acceptors (Lipinski definition) is 3. The minimum Gasteiger partial charge on any atom is -0.487 e. The quantitative estimate of drug-likeness (QED) is 0.893. The second-order valence-electron chi connectivity index (χ2n) is 4.80. The highest BCUT2D eigenvalue weighted by Crippen LogP contribution is 2.14. The molecule has 0 spiro atoms. The molecule has 0 saturated carbocycles. The molecule has 1 heterocycles. The summed E-state index contributed by atoms with van der Waals surface area (Å²) in [4.78, 5) is 4.33. The van der Waals surface area contributed by atoms with Crippen LogP contribution in [0.15, 0.2) is 36.5 Å². The van der Waals surface area contributed by atoms with E-state index in [0.29, 0.717) is 6.61 Å². The second kappa shape index (κ2) is 6.34. The van der Waals surface area contributed by atoms with Gasteiger partial charge in [0.25, 0.3) is 0 Å². The van der Waals surface area contributed by atoms with E-state index >= 15 is 0 Å². The first-order valence-corrected chi connectivity index (χ1v) is 6.47. The lowest BCUT2D eigenvalue weighted by Gasteiger charge is -2.08. The van der Waals surface area contributed by atoms with E-state index in [1.54, 1.807) is 6.20 Å². The van der Waals surface area contributed by atoms with Gasteiger partial charge in [0.2, 0.25) is 0 Å². The molecule has 100 valence electrons. The maximum Gasteiger partial charge on any atom is 0.138 e. The highest BCUT2D eigenvalue weighted by atomic mass is 16.5. The molecule has 0 aliphatic rings. The predicted octanol–water partition coefficient (Wildman–Crippen LogP) is 3.00. The average molecular weight is 256 g/mol. The Morgan fingerprint density at radius 1 is 1.11 bits per heavy atom. The zero-order chi connectivity index (χ0) is 13.7. The fourth-order valence-electron chi connectivity index (χ4n) is 2.10. The third-order valence-corrected chi connectivity index (χ3v) is 2.84. The van der Waals surface area contributed by atoms with E-state index in [0.717, 1.165) is 18.0 Å². The van der Waals surface area contributed by atoms with Crippen molar-refractivity contribution >= 4 is 0 Å². The summed E-state index contributed by atoms with van der Waals surface area (Å²) in [6, 6.07) is 10.4. The zero-order valence-electron chi connectivity index (χ0n) is 11.7. The van der Waals surface area contributed by atoms with E-state index in [2.05, 4.69) is 42.3 Å². The summed E-state index contributed by atoms with van der Waals surface area (Å²) in [5.41, 5.74) is 4.74. The number of nitrogens with one attached hydrogen (secondary N) is 1. The molecule has 0 aliphatic heterocycles. The zero-order valence-corrected chi connectivity index (χ0v) is 11.7. The summed E-state index contributed by atoms with van der Waals surface area (Å²) in [6.07, 6.45) is 1.77. The van der Waals surface area contributed by atoms with Crippen molar-refractivity contribution in [1.29, 1.82) is 0 Å². The average Bonchev–Trinajstić information content (AvgIpc) is 2.37. The van der Waals surface area contributed by atoms with Gasteiger partial charge in [0.1, 0.15) is 12.4 Å². The van der Waals surface area contributed by atoms with Crippen LogP contribution in [0, 0.1) is 13.8 Å². The van der Waals surface area contributed by atoms with Crippen molar-refractivity contribution in [2.24, 2.45) is 0 Å². The Hall–Kier alpha value is -1.87. The van der Waals surface area contributed by atoms with Crippen molar-refractivity contribution in [3.8, 4) is 5.75 Å². The Morgan fingerprint density at radius 2 is 1.84 bits per heavy atom. The highest BCUT2D eigenvalue weighted by Gasteiger charge is 1.99. The van der Waals surface area contributed by atoms with Crippen molar-refractivity contribution in [3.63, 3.8) is 0 Å². The SMILES string of the molecule is CNCc1ccc(OCc2cc(C)cc(C)c2)cn1. The van der Waals surface area contributed by atoms with Crippen LogP contribution in [-0.4, -0.2) is 12.0 Å². The summed E-state index contributed by atoms with van der Waals surface area (Å²) >= 11 is 0. The lowest BCUT2D eigenvalue weighted by atomic mass is 10.1. The maximum absolute atomic E-state index is 5.75. The minimum absolute atomic E-state index is 0.579. The molecule has 2 rings (SSSR count). The van der Waals surface area contributed by atoms with E-state index in [-0.39, 0.29) is 0 Å². The molecule has 2 aromatic rings. The van der Waals surface area contributed by atoms with Crippen LogP contribution < -0.4 is 10.1 Å². The van der Waals surface area contributed by atoms with Crippen LogP contribution in [0.3, 0.4) is 0 Å². The molecule has 3 heteroatoms. The summed E-state index contributed by atoms with van der Waals surface area (Å²) < 4.78 is 5.75. The van der Waals surface area contributed by atoms with E-state index < -0.39 is 0 Å². The van der Waals surface area contributed by atoms with Crippen LogP contribution in [0.1, 0.15) is 22.4 Å². The first-order valence-electron chi connectivity index (χ1n) is 6.47. The van der Waals surface area contributed by atoms with Gasteiger partial charge in [0, 0.05) is 6.54 Å². The molecule has 0 amide bonds. The van der Waals surface area contributed by atoms with Gasteiger partial charge in [-0.2, -0.15) is 0 Å². The molecule has 0 bridgehead atoms. The third kappa shape index (κ3) is 4.07. The third-order valence-electron chi connectivity index (χ3n) is 2.84. The monoisotopic (exact) mass is 256 g/mol. The molecule has 19 heavy (non-hydrogen) atoms. The van der Waals surface area contributed by atoms with Gasteiger partial charge in [-0.3, -0.25) is 4.98 Å². The molecule has 1 N–H and O–H groups in total. The molecule has 1 aromatic heterocycles. The molecular formula is C16H20N2O. The van der Waals surface area contributed by atoms with Crippen LogP contribution in [0.4, 0.5) is 0 Å². The fourth-order valence-corrected chi connectivity index (χ4v) is 2.10. The van der Waals surface area contributed by atoms with Gasteiger partial charge < -0.3 is 10.1 Å². The Morgan fingerprint density at radius 3 is 2.42 bits per heavy atom. The van der Waals surface area contributed by atoms with Gasteiger partial charge in [-0.1, -0.05) is 29.3 Å². The summed E-state index contributed by atoms with van der Waals surface area (Å²) in [7, 11) is 1.91. The van der Waals surface area contributed by atoms with Crippen molar-refractivity contribution in [2.45, 2.75) is 27.0 Å². The Bertz CT molecular complexity index is 515. The Kier molecular flexibility index (Phi) is 4.53. The molecule has 3 nitrogen and oxygen atoms in total. The number of pyridine rings is 1. The number of aryl methyl sites for hydroxylation is 2. The fraction of sp³-hybridized carbons (Fsp3) is 0.312. The van der Waals surface area contributed by atoms with E-state index in [1.165, 1.54) is 16.7 Å². The molecule has 0 saturated heterocycles. The van der Waals surface area contributed by atoms with Gasteiger partial charge >= 0.3 is 0 Å². The van der Waals surface area contributed by atoms with E-state index in [1.807, 2.05) is 19.2 Å². The largest absolute Gasteiger partial charge is 0.487 e. The van der Waals surface area contributed by atoms with Crippen molar-refractivity contribution in [2.75, 3.05) is 7.05 Å². The number of hydrogen-bond donors (Lipinski definition) is 1. The molecule has 0 fully saturated rings. The summed E-state index contributed by atoms with van der Waals surface area (Å²) in [5.74, 6) is 0.805. The Labute approximate surface area is 114 Å². The minimum atomic E-state index is 0.579. The first-order chi connectivity index (χ1) is 9.17. The number of rotatable bonds is 5. The van der Waals surface area contributed by atoms with E-state index in [9.17, 15) is 0 Å². The number of aromatic nitrogens is 1. The van der Waals surface area contributed by atoms with Gasteiger partial charge in [-0.15, -0.1) is 0 Å². The molecule has 0 atom stereocenters. The van der Waals surface area contributed by atoms with Crippen LogP contribution in [-0.2, 0) is 13.2 Å². The molecule has 0 unspecified atom stereocenters. The van der Waals surface area contributed by atoms with Gasteiger partial charge in [-0.25, -0.2) is 0 Å². The first kappa shape index (κ1) is 13.6. The van der Waals surface area contributed by atoms with Crippen LogP contribution >= 0.6 is 0 Å². The molecule has 1 aromatic carbocycles. The van der Waals surface area contributed by atoms with E-state index in [4.69, 9.17) is 4.74 Å². The van der Waals surface area contributed by atoms with Gasteiger partial charge in [-0.05, 0) is 38.6 Å². The van der Waals surface area contributed by atoms with Crippen molar-refractivity contribution in [1.82, 2.24) is 10.3 Å². The molecule has 0 aliphatic carbocycles. The molecular weight excluding hydrogens is 236 g/mol. The topological polar surface area (TPSA) is 34.1 Å². The Balaban J connectivity index is 1.98. The van der Waals surface area contributed by atoms with Gasteiger partial charge in [0.05, 0.1) is 11.9 Å². The maximum atomic E-state index is 5.75. The van der Waals surface area contributed by atoms with Crippen LogP contribution in [0.5, 0.6) is 5.75 Å². The lowest BCUT2D eigenvalue weighted by molar-refractivity contribution is 0.304. The number of ether oxygens (including phenoxy) is 1. The molecule has 0 radical (unpaired) electrons. The lowest BCUT2D eigenvalue weighted by Crippen LogP contribution is -2.06. The van der Waals surface area contributed by atoms with Crippen LogP contribution in [0.2, 0.25) is 0 Å². The number of benzene rings is 1. The normalized spacial score (nSPS) is 10.5. The number of nitrogens with zero attached hydrogens (tertiary/aromatic N) is 1.